The van der Waals surface area contributed by atoms with Gasteiger partial charge in [0.2, 0.25) is 0 Å². The van der Waals surface area contributed by atoms with Gasteiger partial charge in [0.15, 0.2) is 0 Å². The third-order valence-corrected chi connectivity index (χ3v) is 6.90. The SMILES string of the molecule is CS(=O)(=O)O.Cc1cc(C)n(-c2ccc(F)cc2)c(=O)c1C(=O)Nc1ccc(Oc2cc3cnn(C)c3cc2-c2cn[nH]c2)cc1. The number of carbonyl (C=O) groups excluding carboxylic acids is 1. The number of rotatable bonds is 6. The number of aromatic amines is 1. The first-order chi connectivity index (χ1) is 21.8. The van der Waals surface area contributed by atoms with Gasteiger partial charge in [0.1, 0.15) is 22.9 Å². The second-order valence-electron chi connectivity index (χ2n) is 10.4. The fourth-order valence-electron chi connectivity index (χ4n) is 4.89. The Bertz CT molecular complexity index is 2200. The van der Waals surface area contributed by atoms with Crippen LogP contribution in [0.3, 0.4) is 0 Å². The molecule has 236 valence electrons. The molecule has 0 saturated heterocycles. The molecule has 3 aromatic heterocycles. The number of benzene rings is 3. The van der Waals surface area contributed by atoms with E-state index in [1.807, 2.05) is 19.2 Å². The van der Waals surface area contributed by atoms with Gasteiger partial charge in [0.05, 0.1) is 24.2 Å². The fraction of sp³-hybridized carbons (Fsp3) is 0.125. The largest absolute Gasteiger partial charge is 0.457 e. The number of nitrogens with zero attached hydrogens (tertiary/aromatic N) is 4. The van der Waals surface area contributed by atoms with Gasteiger partial charge < -0.3 is 10.1 Å². The zero-order chi connectivity index (χ0) is 33.2. The van der Waals surface area contributed by atoms with Crippen LogP contribution in [0.1, 0.15) is 21.6 Å². The summed E-state index contributed by atoms with van der Waals surface area (Å²) in [7, 11) is -1.79. The summed E-state index contributed by atoms with van der Waals surface area (Å²) >= 11 is 0. The molecule has 0 saturated carbocycles. The lowest BCUT2D eigenvalue weighted by molar-refractivity contribution is 0.102. The molecule has 0 aliphatic carbocycles. The van der Waals surface area contributed by atoms with E-state index in [0.29, 0.717) is 40.4 Å². The van der Waals surface area contributed by atoms with Crippen molar-refractivity contribution in [3.63, 3.8) is 0 Å². The number of H-pyrrole nitrogens is 1. The van der Waals surface area contributed by atoms with E-state index in [2.05, 4.69) is 20.6 Å². The molecule has 0 atom stereocenters. The monoisotopic (exact) mass is 644 g/mol. The maximum atomic E-state index is 13.4. The summed E-state index contributed by atoms with van der Waals surface area (Å²) < 4.78 is 48.8. The summed E-state index contributed by atoms with van der Waals surface area (Å²) in [6, 6.07) is 18.1. The number of halogens is 1. The van der Waals surface area contributed by atoms with Crippen molar-refractivity contribution in [3.8, 4) is 28.3 Å². The van der Waals surface area contributed by atoms with Gasteiger partial charge in [-0.25, -0.2) is 4.39 Å². The van der Waals surface area contributed by atoms with E-state index in [0.717, 1.165) is 22.0 Å². The van der Waals surface area contributed by atoms with Crippen molar-refractivity contribution in [2.45, 2.75) is 13.8 Å². The van der Waals surface area contributed by atoms with Gasteiger partial charge in [-0.05, 0) is 86.1 Å². The molecule has 0 aliphatic heterocycles. The second-order valence-corrected chi connectivity index (χ2v) is 11.9. The van der Waals surface area contributed by atoms with Gasteiger partial charge in [-0.15, -0.1) is 0 Å². The molecule has 0 radical (unpaired) electrons. The first-order valence-corrected chi connectivity index (χ1v) is 15.6. The van der Waals surface area contributed by atoms with Crippen LogP contribution in [0, 0.1) is 19.7 Å². The Kier molecular flexibility index (Phi) is 8.84. The summed E-state index contributed by atoms with van der Waals surface area (Å²) in [5.74, 6) is 0.232. The maximum absolute atomic E-state index is 13.4. The third kappa shape index (κ3) is 7.20. The first-order valence-electron chi connectivity index (χ1n) is 13.7. The molecule has 0 unspecified atom stereocenters. The second kappa shape index (κ2) is 12.8. The topological polar surface area (TPSA) is 161 Å². The smallest absolute Gasteiger partial charge is 0.268 e. The van der Waals surface area contributed by atoms with Crippen LogP contribution in [0.4, 0.5) is 10.1 Å². The van der Waals surface area contributed by atoms with Gasteiger partial charge in [0.25, 0.3) is 21.6 Å². The van der Waals surface area contributed by atoms with Crippen molar-refractivity contribution in [2.24, 2.45) is 7.05 Å². The van der Waals surface area contributed by atoms with Crippen LogP contribution in [0.5, 0.6) is 11.5 Å². The van der Waals surface area contributed by atoms with E-state index in [1.54, 1.807) is 67.5 Å². The third-order valence-electron chi connectivity index (χ3n) is 6.90. The summed E-state index contributed by atoms with van der Waals surface area (Å²) in [6.45, 7) is 3.48. The molecular formula is C32H29FN6O6S. The van der Waals surface area contributed by atoms with Crippen molar-refractivity contribution in [1.29, 1.82) is 0 Å². The Morgan fingerprint density at radius 1 is 1.02 bits per heavy atom. The Balaban J connectivity index is 0.000000775. The van der Waals surface area contributed by atoms with E-state index in [-0.39, 0.29) is 5.56 Å². The number of fused-ring (bicyclic) bond motifs is 1. The molecule has 3 N–H and O–H groups in total. The number of anilines is 1. The number of ether oxygens (including phenoxy) is 1. The molecule has 14 heteroatoms. The van der Waals surface area contributed by atoms with Crippen LogP contribution < -0.4 is 15.6 Å². The lowest BCUT2D eigenvalue weighted by atomic mass is 10.1. The molecule has 0 fully saturated rings. The molecular weight excluding hydrogens is 615 g/mol. The molecule has 46 heavy (non-hydrogen) atoms. The Morgan fingerprint density at radius 2 is 1.70 bits per heavy atom. The highest BCUT2D eigenvalue weighted by Crippen LogP contribution is 2.36. The van der Waals surface area contributed by atoms with Gasteiger partial charge in [-0.2, -0.15) is 18.6 Å². The number of pyridine rings is 1. The van der Waals surface area contributed by atoms with Crippen LogP contribution in [0.2, 0.25) is 0 Å². The van der Waals surface area contributed by atoms with Gasteiger partial charge in [-0.1, -0.05) is 0 Å². The molecule has 3 aromatic carbocycles. The summed E-state index contributed by atoms with van der Waals surface area (Å²) in [4.78, 5) is 26.6. The first kappa shape index (κ1) is 31.8. The Hall–Kier alpha value is -5.60. The normalized spacial score (nSPS) is 11.2. The minimum absolute atomic E-state index is 0.00905. The van der Waals surface area contributed by atoms with Crippen molar-refractivity contribution in [1.82, 2.24) is 24.5 Å². The zero-order valence-corrected chi connectivity index (χ0v) is 26.0. The predicted molar refractivity (Wildman–Crippen MR) is 172 cm³/mol. The standard InChI is InChI=1S/C31H25FN6O3.CH4O3S/c1-18-12-19(2)38(24-8-4-22(32)5-9-24)31(40)29(18)30(39)36-23-6-10-25(11-7-23)41-28-13-20-17-35-37(3)27(20)14-26(28)21-15-33-34-16-21;1-5(2,3)4/h4-17H,1-3H3,(H,33,34)(H,36,39);1H3,(H,2,3,4). The molecule has 6 aromatic rings. The average molecular weight is 645 g/mol. The van der Waals surface area contributed by atoms with E-state index in [4.69, 9.17) is 9.29 Å². The molecule has 6 rings (SSSR count). The Labute approximate surface area is 262 Å². The number of hydrogen-bond acceptors (Lipinski definition) is 7. The number of nitrogens with one attached hydrogen (secondary N) is 2. The number of hydrogen-bond donors (Lipinski definition) is 3. The van der Waals surface area contributed by atoms with Crippen molar-refractivity contribution < 1.29 is 26.9 Å². The molecule has 1 amide bonds. The molecule has 3 heterocycles. The van der Waals surface area contributed by atoms with Crippen LogP contribution >= 0.6 is 0 Å². The average Bonchev–Trinajstić information content (AvgIpc) is 3.64. The van der Waals surface area contributed by atoms with Crippen LogP contribution in [-0.4, -0.2) is 49.7 Å². The zero-order valence-electron chi connectivity index (χ0n) is 25.1. The van der Waals surface area contributed by atoms with Gasteiger partial charge >= 0.3 is 0 Å². The molecule has 12 nitrogen and oxygen atoms in total. The van der Waals surface area contributed by atoms with E-state index in [9.17, 15) is 22.4 Å². The van der Waals surface area contributed by atoms with Crippen LogP contribution in [0.15, 0.2) is 90.1 Å². The minimum Gasteiger partial charge on any atom is -0.457 e. The summed E-state index contributed by atoms with van der Waals surface area (Å²) in [5, 5.41) is 15.0. The molecule has 0 aliphatic rings. The molecule has 0 spiro atoms. The predicted octanol–water partition coefficient (Wildman–Crippen LogP) is 5.42. The number of aromatic nitrogens is 5. The number of amides is 1. The maximum Gasteiger partial charge on any atom is 0.268 e. The highest BCUT2D eigenvalue weighted by Gasteiger charge is 2.19. The Morgan fingerprint density at radius 3 is 2.33 bits per heavy atom. The summed E-state index contributed by atoms with van der Waals surface area (Å²) in [6.07, 6.45) is 6.00. The van der Waals surface area contributed by atoms with Crippen molar-refractivity contribution >= 4 is 32.6 Å². The van der Waals surface area contributed by atoms with E-state index >= 15 is 0 Å². The van der Waals surface area contributed by atoms with Crippen molar-refractivity contribution in [3.05, 3.63) is 118 Å². The van der Waals surface area contributed by atoms with Crippen molar-refractivity contribution in [2.75, 3.05) is 11.6 Å². The molecule has 0 bridgehead atoms. The van der Waals surface area contributed by atoms with E-state index in [1.165, 1.54) is 28.8 Å². The lowest BCUT2D eigenvalue weighted by Crippen LogP contribution is -2.31. The van der Waals surface area contributed by atoms with Crippen LogP contribution in [-0.2, 0) is 17.2 Å². The highest BCUT2D eigenvalue weighted by molar-refractivity contribution is 7.85. The number of aryl methyl sites for hydroxylation is 3. The highest BCUT2D eigenvalue weighted by atomic mass is 32.2. The van der Waals surface area contributed by atoms with Gasteiger partial charge in [-0.3, -0.25) is 28.5 Å². The van der Waals surface area contributed by atoms with Gasteiger partial charge in [0, 0.05) is 46.8 Å². The van der Waals surface area contributed by atoms with E-state index < -0.39 is 27.4 Å². The fourth-order valence-corrected chi connectivity index (χ4v) is 4.89. The number of carbonyl (C=O) groups is 1. The quantitative estimate of drug-likeness (QED) is 0.203. The summed E-state index contributed by atoms with van der Waals surface area (Å²) in [5.41, 5.74) is 4.34. The lowest BCUT2D eigenvalue weighted by Gasteiger charge is -2.15. The van der Waals surface area contributed by atoms with Crippen LogP contribution in [0.25, 0.3) is 27.7 Å². The minimum atomic E-state index is -3.67.